The minimum Gasteiger partial charge on any atom is -0.467 e. The van der Waals surface area contributed by atoms with Gasteiger partial charge in [-0.3, -0.25) is 4.57 Å². The standard InChI is InChI=1S/C22H19FN4O2/c1-22(28,16-6-4-3-5-7-16)27-14-25-19(15-8-10-17(23)11-9-15)20(27)18-12-13-24-21(26-18)29-2/h3-14,28H,1-2H3. The van der Waals surface area contributed by atoms with Crippen LogP contribution in [0.5, 0.6) is 6.01 Å². The molecule has 0 spiro atoms. The molecule has 146 valence electrons. The van der Waals surface area contributed by atoms with Crippen molar-refractivity contribution in [3.8, 4) is 28.7 Å². The summed E-state index contributed by atoms with van der Waals surface area (Å²) < 4.78 is 20.2. The lowest BCUT2D eigenvalue weighted by Crippen LogP contribution is -2.31. The predicted molar refractivity (Wildman–Crippen MR) is 107 cm³/mol. The lowest BCUT2D eigenvalue weighted by atomic mass is 10.0. The number of nitrogens with zero attached hydrogens (tertiary/aromatic N) is 4. The van der Waals surface area contributed by atoms with Crippen LogP contribution in [-0.4, -0.2) is 31.7 Å². The van der Waals surface area contributed by atoms with Gasteiger partial charge >= 0.3 is 6.01 Å². The molecule has 7 heteroatoms. The maximum atomic E-state index is 13.4. The Labute approximate surface area is 167 Å². The Kier molecular flexibility index (Phi) is 4.82. The lowest BCUT2D eigenvalue weighted by molar-refractivity contribution is 0.0268. The van der Waals surface area contributed by atoms with Crippen LogP contribution in [-0.2, 0) is 5.72 Å². The smallest absolute Gasteiger partial charge is 0.316 e. The second-order valence-electron chi connectivity index (χ2n) is 6.63. The first-order valence-corrected chi connectivity index (χ1v) is 9.00. The third-order valence-electron chi connectivity index (χ3n) is 4.73. The van der Waals surface area contributed by atoms with Crippen molar-refractivity contribution in [2.24, 2.45) is 0 Å². The summed E-state index contributed by atoms with van der Waals surface area (Å²) >= 11 is 0. The zero-order chi connectivity index (χ0) is 20.4. The molecule has 0 aliphatic heterocycles. The van der Waals surface area contributed by atoms with Gasteiger partial charge in [-0.2, -0.15) is 4.98 Å². The topological polar surface area (TPSA) is 73.1 Å². The summed E-state index contributed by atoms with van der Waals surface area (Å²) in [6.45, 7) is 1.68. The van der Waals surface area contributed by atoms with Crippen molar-refractivity contribution in [3.63, 3.8) is 0 Å². The van der Waals surface area contributed by atoms with Gasteiger partial charge in [-0.1, -0.05) is 30.3 Å². The van der Waals surface area contributed by atoms with Crippen LogP contribution in [0.25, 0.3) is 22.6 Å². The van der Waals surface area contributed by atoms with E-state index < -0.39 is 5.72 Å². The summed E-state index contributed by atoms with van der Waals surface area (Å²) in [5.74, 6) is -0.338. The number of aliphatic hydroxyl groups is 1. The van der Waals surface area contributed by atoms with E-state index in [2.05, 4.69) is 15.0 Å². The van der Waals surface area contributed by atoms with Gasteiger partial charge in [0.15, 0.2) is 5.72 Å². The second-order valence-corrected chi connectivity index (χ2v) is 6.63. The Bertz CT molecular complexity index is 1130. The number of aromatic nitrogens is 4. The van der Waals surface area contributed by atoms with Crippen molar-refractivity contribution >= 4 is 0 Å². The summed E-state index contributed by atoms with van der Waals surface area (Å²) in [6.07, 6.45) is 3.12. The number of imidazole rings is 1. The maximum Gasteiger partial charge on any atom is 0.316 e. The van der Waals surface area contributed by atoms with E-state index in [9.17, 15) is 9.50 Å². The van der Waals surface area contributed by atoms with Crippen LogP contribution in [0.3, 0.4) is 0 Å². The highest BCUT2D eigenvalue weighted by Crippen LogP contribution is 2.36. The average molecular weight is 390 g/mol. The molecule has 0 fully saturated rings. The molecule has 0 saturated carbocycles. The molecular weight excluding hydrogens is 371 g/mol. The fourth-order valence-corrected chi connectivity index (χ4v) is 3.21. The molecule has 6 nitrogen and oxygen atoms in total. The summed E-state index contributed by atoms with van der Waals surface area (Å²) in [5, 5.41) is 11.4. The fourth-order valence-electron chi connectivity index (χ4n) is 3.21. The molecule has 0 bridgehead atoms. The average Bonchev–Trinajstić information content (AvgIpc) is 3.21. The largest absolute Gasteiger partial charge is 0.467 e. The van der Waals surface area contributed by atoms with Crippen molar-refractivity contribution < 1.29 is 14.2 Å². The highest BCUT2D eigenvalue weighted by atomic mass is 19.1. The van der Waals surface area contributed by atoms with E-state index in [-0.39, 0.29) is 11.8 Å². The van der Waals surface area contributed by atoms with Crippen LogP contribution in [0.2, 0.25) is 0 Å². The number of rotatable bonds is 5. The van der Waals surface area contributed by atoms with E-state index >= 15 is 0 Å². The zero-order valence-electron chi connectivity index (χ0n) is 16.0. The summed E-state index contributed by atoms with van der Waals surface area (Å²) in [7, 11) is 1.48. The van der Waals surface area contributed by atoms with E-state index in [1.165, 1.54) is 19.2 Å². The van der Waals surface area contributed by atoms with Crippen LogP contribution in [0, 0.1) is 5.82 Å². The molecule has 4 rings (SSSR count). The van der Waals surface area contributed by atoms with E-state index in [0.717, 1.165) is 0 Å². The van der Waals surface area contributed by atoms with Gasteiger partial charge in [0.05, 0.1) is 30.5 Å². The number of ether oxygens (including phenoxy) is 1. The molecule has 0 saturated heterocycles. The number of benzene rings is 2. The van der Waals surface area contributed by atoms with Gasteiger partial charge in [0.25, 0.3) is 0 Å². The molecule has 0 aliphatic carbocycles. The quantitative estimate of drug-likeness (QED) is 0.560. The number of halogens is 1. The van der Waals surface area contributed by atoms with Gasteiger partial charge in [-0.15, -0.1) is 0 Å². The molecule has 0 radical (unpaired) electrons. The first-order chi connectivity index (χ1) is 14.0. The highest BCUT2D eigenvalue weighted by molar-refractivity contribution is 5.77. The van der Waals surface area contributed by atoms with Gasteiger partial charge in [-0.25, -0.2) is 14.4 Å². The van der Waals surface area contributed by atoms with Crippen molar-refractivity contribution in [1.29, 1.82) is 0 Å². The van der Waals surface area contributed by atoms with Crippen LogP contribution in [0.15, 0.2) is 73.2 Å². The maximum absolute atomic E-state index is 13.4. The monoisotopic (exact) mass is 390 g/mol. The number of methoxy groups -OCH3 is 1. The van der Waals surface area contributed by atoms with Crippen molar-refractivity contribution in [3.05, 3.63) is 84.6 Å². The Morgan fingerprint density at radius 1 is 1.00 bits per heavy atom. The van der Waals surface area contributed by atoms with Gasteiger partial charge in [0.1, 0.15) is 5.82 Å². The summed E-state index contributed by atoms with van der Waals surface area (Å²) in [6, 6.07) is 17.2. The minimum atomic E-state index is -1.40. The summed E-state index contributed by atoms with van der Waals surface area (Å²) in [5.41, 5.74) is 1.62. The molecule has 1 N–H and O–H groups in total. The van der Waals surface area contributed by atoms with Crippen molar-refractivity contribution in [2.75, 3.05) is 7.11 Å². The normalized spacial score (nSPS) is 13.1. The molecule has 0 aliphatic rings. The molecule has 2 heterocycles. The van der Waals surface area contributed by atoms with E-state index in [0.29, 0.717) is 28.2 Å². The van der Waals surface area contributed by atoms with Gasteiger partial charge in [0, 0.05) is 17.3 Å². The summed E-state index contributed by atoms with van der Waals surface area (Å²) in [4.78, 5) is 13.0. The Morgan fingerprint density at radius 3 is 2.41 bits per heavy atom. The number of hydrogen-bond donors (Lipinski definition) is 1. The molecule has 1 unspecified atom stereocenters. The SMILES string of the molecule is COc1nccc(-c2c(-c3ccc(F)cc3)ncn2C(C)(O)c2ccccc2)n1. The van der Waals surface area contributed by atoms with E-state index in [4.69, 9.17) is 4.74 Å². The van der Waals surface area contributed by atoms with Gasteiger partial charge in [0.2, 0.25) is 0 Å². The van der Waals surface area contributed by atoms with E-state index in [1.54, 1.807) is 42.2 Å². The highest BCUT2D eigenvalue weighted by Gasteiger charge is 2.30. The predicted octanol–water partition coefficient (Wildman–Crippen LogP) is 3.87. The first-order valence-electron chi connectivity index (χ1n) is 9.00. The molecule has 2 aromatic heterocycles. The van der Waals surface area contributed by atoms with Crippen LogP contribution in [0.4, 0.5) is 4.39 Å². The molecule has 29 heavy (non-hydrogen) atoms. The minimum absolute atomic E-state index is 0.194. The van der Waals surface area contributed by atoms with Crippen molar-refractivity contribution in [1.82, 2.24) is 19.5 Å². The molecule has 0 amide bonds. The lowest BCUT2D eigenvalue weighted by Gasteiger charge is -2.27. The van der Waals surface area contributed by atoms with E-state index in [1.807, 2.05) is 30.3 Å². The first kappa shape index (κ1) is 18.8. The number of hydrogen-bond acceptors (Lipinski definition) is 5. The molecule has 1 atom stereocenters. The van der Waals surface area contributed by atoms with Crippen molar-refractivity contribution in [2.45, 2.75) is 12.6 Å². The Balaban J connectivity index is 1.96. The fraction of sp³-hybridized carbons (Fsp3) is 0.136. The molecular formula is C22H19FN4O2. The van der Waals surface area contributed by atoms with Gasteiger partial charge < -0.3 is 9.84 Å². The van der Waals surface area contributed by atoms with Crippen LogP contribution >= 0.6 is 0 Å². The second kappa shape index (κ2) is 7.44. The Morgan fingerprint density at radius 2 is 1.72 bits per heavy atom. The van der Waals surface area contributed by atoms with Gasteiger partial charge in [-0.05, 0) is 37.3 Å². The molecule has 2 aromatic carbocycles. The third-order valence-corrected chi connectivity index (χ3v) is 4.73. The molecule has 4 aromatic rings. The Hall–Kier alpha value is -3.58. The third kappa shape index (κ3) is 3.48. The van der Waals surface area contributed by atoms with Crippen LogP contribution < -0.4 is 4.74 Å². The zero-order valence-corrected chi connectivity index (χ0v) is 16.0. The van der Waals surface area contributed by atoms with Crippen LogP contribution in [0.1, 0.15) is 12.5 Å².